The maximum absolute atomic E-state index is 13.1. The Kier molecular flexibility index (Phi) is 24.7. The molecule has 16 heteroatoms. The number of aliphatic carboxylic acids is 2. The number of carboxylic acid groups (broad SMARTS) is 2. The van der Waals surface area contributed by atoms with Gasteiger partial charge in [-0.1, -0.05) is 92.4 Å². The van der Waals surface area contributed by atoms with Crippen molar-refractivity contribution in [2.75, 3.05) is 19.7 Å². The molecule has 0 saturated heterocycles. The number of nitrogens with two attached hydrogens (primary N) is 2. The first-order chi connectivity index (χ1) is 24.0. The number of nitrogens with one attached hydrogen (secondary N) is 4. The molecule has 294 valence electrons. The van der Waals surface area contributed by atoms with Gasteiger partial charge in [-0.05, 0) is 36.5 Å². The van der Waals surface area contributed by atoms with Gasteiger partial charge in [0.15, 0.2) is 5.96 Å². The van der Waals surface area contributed by atoms with Crippen LogP contribution >= 0.6 is 0 Å². The Labute approximate surface area is 302 Å². The number of aliphatic hydroxyl groups is 1. The maximum atomic E-state index is 13.1. The molecule has 7 atom stereocenters. The van der Waals surface area contributed by atoms with E-state index in [0.29, 0.717) is 12.3 Å². The van der Waals surface area contributed by atoms with Crippen molar-refractivity contribution < 1.29 is 44.1 Å². The monoisotopic (exact) mass is 727 g/mol. The summed E-state index contributed by atoms with van der Waals surface area (Å²) in [4.78, 5) is 77.2. The number of hydrogen-bond acceptors (Lipinski definition) is 8. The van der Waals surface area contributed by atoms with Gasteiger partial charge in [0.05, 0.1) is 19.6 Å². The highest BCUT2D eigenvalue weighted by Gasteiger charge is 2.29. The molecule has 16 nitrogen and oxygen atoms in total. The lowest BCUT2D eigenvalue weighted by molar-refractivity contribution is -0.144. The van der Waals surface area contributed by atoms with Gasteiger partial charge in [-0.2, -0.15) is 0 Å². The SMILES string of the molecule is CC[C@@H](C)CC[C@@H](C)CCC[C@@H](C)CCCC(C)CC(=O)N[C@@H](CCCN=C(N)N)C(=O)NCC(=O)N[C@@H](CC(=O)O)C(=O)N[C@@H](CO)C(=O)O. The molecule has 0 fully saturated rings. The fourth-order valence-electron chi connectivity index (χ4n) is 5.51. The minimum atomic E-state index is -1.71. The van der Waals surface area contributed by atoms with Crippen molar-refractivity contribution in [1.29, 1.82) is 0 Å². The molecule has 4 amide bonds. The highest BCUT2D eigenvalue weighted by molar-refractivity contribution is 5.95. The van der Waals surface area contributed by atoms with Crippen LogP contribution in [0.3, 0.4) is 0 Å². The van der Waals surface area contributed by atoms with Crippen LogP contribution in [0.2, 0.25) is 0 Å². The number of carbonyl (C=O) groups excluding carboxylic acids is 4. The summed E-state index contributed by atoms with van der Waals surface area (Å²) in [6, 6.07) is -4.43. The smallest absolute Gasteiger partial charge is 0.328 e. The number of aliphatic hydroxyl groups excluding tert-OH is 1. The Balaban J connectivity index is 5.01. The van der Waals surface area contributed by atoms with Crippen LogP contribution in [-0.2, 0) is 28.8 Å². The summed E-state index contributed by atoms with van der Waals surface area (Å²) in [5, 5.41) is 36.5. The van der Waals surface area contributed by atoms with Crippen molar-refractivity contribution in [3.63, 3.8) is 0 Å². The van der Waals surface area contributed by atoms with Crippen LogP contribution in [0.4, 0.5) is 0 Å². The van der Waals surface area contributed by atoms with E-state index in [9.17, 15) is 28.8 Å². The molecule has 0 rings (SSSR count). The Bertz CT molecular complexity index is 1120. The standard InChI is InChI=1S/C35H65N7O9/c1-6-22(2)15-16-24(4)12-7-10-23(3)11-8-13-25(5)18-29(44)40-26(14-9-17-38-35(36)37)32(48)39-20-30(45)41-27(19-31(46)47)33(49)42-28(21-43)34(50)51/h22-28,43H,6-21H2,1-5H3,(H,39,48)(H,40,44)(H,41,45)(H,42,49)(H,46,47)(H,50,51)(H4,36,37,38)/t22-,23-,24+,25?,26+,27+,28+/m1/s1. The largest absolute Gasteiger partial charge is 0.481 e. The number of guanidine groups is 1. The number of hydrogen-bond donors (Lipinski definition) is 9. The normalized spacial score (nSPS) is 15.2. The number of carboxylic acids is 2. The summed E-state index contributed by atoms with van der Waals surface area (Å²) in [5.41, 5.74) is 10.7. The van der Waals surface area contributed by atoms with Crippen LogP contribution in [-0.4, -0.2) is 94.7 Å². The van der Waals surface area contributed by atoms with Gasteiger partial charge < -0.3 is 48.1 Å². The molecule has 0 heterocycles. The quantitative estimate of drug-likeness (QED) is 0.0303. The summed E-state index contributed by atoms with van der Waals surface area (Å²) in [7, 11) is 0. The number of nitrogens with zero attached hydrogens (tertiary/aromatic N) is 1. The molecule has 1 unspecified atom stereocenters. The third kappa shape index (κ3) is 24.0. The molecule has 51 heavy (non-hydrogen) atoms. The van der Waals surface area contributed by atoms with Gasteiger partial charge in [0.1, 0.15) is 18.1 Å². The van der Waals surface area contributed by atoms with Crippen LogP contribution in [0.15, 0.2) is 4.99 Å². The molecule has 0 aromatic rings. The van der Waals surface area contributed by atoms with Gasteiger partial charge in [-0.3, -0.25) is 29.0 Å². The van der Waals surface area contributed by atoms with Gasteiger partial charge in [0.2, 0.25) is 23.6 Å². The van der Waals surface area contributed by atoms with Gasteiger partial charge >= 0.3 is 11.9 Å². The second-order valence-electron chi connectivity index (χ2n) is 14.1. The Morgan fingerprint density at radius 1 is 0.627 bits per heavy atom. The molecule has 0 aromatic heterocycles. The minimum absolute atomic E-state index is 0.0813. The third-order valence-corrected chi connectivity index (χ3v) is 9.02. The first kappa shape index (κ1) is 47.0. The Hall–Kier alpha value is -3.95. The Morgan fingerprint density at radius 2 is 1.18 bits per heavy atom. The van der Waals surface area contributed by atoms with E-state index in [0.717, 1.165) is 31.1 Å². The van der Waals surface area contributed by atoms with E-state index in [2.05, 4.69) is 48.6 Å². The summed E-state index contributed by atoms with van der Waals surface area (Å²) in [6.07, 6.45) is 10.2. The van der Waals surface area contributed by atoms with Gasteiger partial charge in [-0.25, -0.2) is 4.79 Å². The van der Waals surface area contributed by atoms with E-state index in [1.807, 2.05) is 12.2 Å². The van der Waals surface area contributed by atoms with E-state index < -0.39 is 67.4 Å². The molecule has 0 aliphatic rings. The highest BCUT2D eigenvalue weighted by atomic mass is 16.4. The van der Waals surface area contributed by atoms with Crippen molar-refractivity contribution >= 4 is 41.5 Å². The second kappa shape index (κ2) is 26.8. The van der Waals surface area contributed by atoms with Crippen LogP contribution < -0.4 is 32.7 Å². The highest BCUT2D eigenvalue weighted by Crippen LogP contribution is 2.23. The van der Waals surface area contributed by atoms with Crippen LogP contribution in [0.1, 0.15) is 118 Å². The zero-order valence-electron chi connectivity index (χ0n) is 31.2. The fraction of sp³-hybridized carbons (Fsp3) is 0.800. The summed E-state index contributed by atoms with van der Waals surface area (Å²) in [6.45, 7) is 9.74. The molecule has 0 aliphatic heterocycles. The van der Waals surface area contributed by atoms with Crippen LogP contribution in [0.5, 0.6) is 0 Å². The lowest BCUT2D eigenvalue weighted by atomic mass is 9.90. The topological polar surface area (TPSA) is 276 Å². The fourth-order valence-corrected chi connectivity index (χ4v) is 5.51. The molecular weight excluding hydrogens is 662 g/mol. The van der Waals surface area contributed by atoms with Crippen molar-refractivity contribution in [3.8, 4) is 0 Å². The zero-order valence-corrected chi connectivity index (χ0v) is 31.2. The van der Waals surface area contributed by atoms with E-state index in [-0.39, 0.29) is 37.2 Å². The number of amides is 4. The molecule has 0 radical (unpaired) electrons. The average Bonchev–Trinajstić information content (AvgIpc) is 3.05. The maximum Gasteiger partial charge on any atom is 0.328 e. The summed E-state index contributed by atoms with van der Waals surface area (Å²) >= 11 is 0. The third-order valence-electron chi connectivity index (χ3n) is 9.02. The van der Waals surface area contributed by atoms with Gasteiger partial charge in [-0.15, -0.1) is 0 Å². The average molecular weight is 728 g/mol. The second-order valence-corrected chi connectivity index (χ2v) is 14.1. The van der Waals surface area contributed by atoms with Crippen molar-refractivity contribution in [2.45, 2.75) is 136 Å². The first-order valence-corrected chi connectivity index (χ1v) is 18.3. The number of rotatable bonds is 29. The summed E-state index contributed by atoms with van der Waals surface area (Å²) < 4.78 is 0. The van der Waals surface area contributed by atoms with E-state index in [4.69, 9.17) is 26.8 Å². The molecule has 0 spiro atoms. The number of aliphatic imine (C=N–C) groups is 1. The van der Waals surface area contributed by atoms with E-state index in [1.165, 1.54) is 38.5 Å². The number of carbonyl (C=O) groups is 6. The molecule has 0 saturated carbocycles. The molecule has 0 aliphatic carbocycles. The summed E-state index contributed by atoms with van der Waals surface area (Å²) in [5.74, 6) is -4.02. The van der Waals surface area contributed by atoms with Gasteiger partial charge in [0, 0.05) is 13.0 Å². The van der Waals surface area contributed by atoms with Crippen molar-refractivity contribution in [2.24, 2.45) is 40.1 Å². The first-order valence-electron chi connectivity index (χ1n) is 18.3. The predicted molar refractivity (Wildman–Crippen MR) is 194 cm³/mol. The molecular formula is C35H65N7O9. The lowest BCUT2D eigenvalue weighted by Crippen LogP contribution is -2.55. The molecule has 0 bridgehead atoms. The molecule has 11 N–H and O–H groups in total. The van der Waals surface area contributed by atoms with Crippen LogP contribution in [0.25, 0.3) is 0 Å². The zero-order chi connectivity index (χ0) is 38.9. The van der Waals surface area contributed by atoms with Crippen molar-refractivity contribution in [3.05, 3.63) is 0 Å². The lowest BCUT2D eigenvalue weighted by Gasteiger charge is -2.21. The predicted octanol–water partition coefficient (Wildman–Crippen LogP) is 1.63. The van der Waals surface area contributed by atoms with E-state index in [1.54, 1.807) is 0 Å². The Morgan fingerprint density at radius 3 is 1.71 bits per heavy atom. The van der Waals surface area contributed by atoms with Gasteiger partial charge in [0.25, 0.3) is 0 Å². The van der Waals surface area contributed by atoms with Crippen molar-refractivity contribution in [1.82, 2.24) is 21.3 Å². The van der Waals surface area contributed by atoms with Crippen LogP contribution in [0, 0.1) is 23.7 Å². The van der Waals surface area contributed by atoms with E-state index >= 15 is 0 Å². The minimum Gasteiger partial charge on any atom is -0.481 e. The molecule has 0 aromatic carbocycles.